The van der Waals surface area contributed by atoms with Crippen LogP contribution < -0.4 is 10.1 Å². The SMILES string of the molecule is CC[C@@H](C)NC(=O)[C@H](Cc1ccccc1)N(Cc1c(Cl)cccc1Cl)C(=O)COc1ccc(Br)c(C)c1. The molecule has 37 heavy (non-hydrogen) atoms. The second-order valence-corrected chi connectivity index (χ2v) is 10.6. The maximum absolute atomic E-state index is 13.7. The Morgan fingerprint density at radius 3 is 2.32 bits per heavy atom. The molecule has 0 bridgehead atoms. The third kappa shape index (κ3) is 8.22. The van der Waals surface area contributed by atoms with Gasteiger partial charge in [-0.15, -0.1) is 0 Å². The largest absolute Gasteiger partial charge is 0.484 e. The summed E-state index contributed by atoms with van der Waals surface area (Å²) in [7, 11) is 0. The van der Waals surface area contributed by atoms with Gasteiger partial charge in [-0.3, -0.25) is 9.59 Å². The number of carbonyl (C=O) groups is 2. The third-order valence-corrected chi connectivity index (χ3v) is 7.75. The van der Waals surface area contributed by atoms with Crippen molar-refractivity contribution in [3.8, 4) is 5.75 Å². The van der Waals surface area contributed by atoms with Gasteiger partial charge in [-0.05, 0) is 61.7 Å². The van der Waals surface area contributed by atoms with Crippen LogP contribution in [0.5, 0.6) is 5.75 Å². The standard InChI is InChI=1S/C29H31BrCl2N2O3/c1-4-20(3)33-29(36)27(16-21-9-6-5-7-10-21)34(17-23-25(31)11-8-12-26(23)32)28(35)18-37-22-13-14-24(30)19(2)15-22/h5-15,20,27H,4,16-18H2,1-3H3,(H,33,36)/t20-,27+/m1/s1. The lowest BCUT2D eigenvalue weighted by molar-refractivity contribution is -0.143. The minimum Gasteiger partial charge on any atom is -0.484 e. The zero-order chi connectivity index (χ0) is 26.9. The molecule has 2 atom stereocenters. The monoisotopic (exact) mass is 604 g/mol. The van der Waals surface area contributed by atoms with Gasteiger partial charge in [-0.25, -0.2) is 0 Å². The Kier molecular flexibility index (Phi) is 10.9. The number of nitrogens with zero attached hydrogens (tertiary/aromatic N) is 1. The van der Waals surface area contributed by atoms with Gasteiger partial charge in [0.25, 0.3) is 5.91 Å². The number of rotatable bonds is 11. The first-order valence-electron chi connectivity index (χ1n) is 12.1. The van der Waals surface area contributed by atoms with Gasteiger partial charge in [0.2, 0.25) is 5.91 Å². The summed E-state index contributed by atoms with van der Waals surface area (Å²) >= 11 is 16.4. The highest BCUT2D eigenvalue weighted by Crippen LogP contribution is 2.28. The summed E-state index contributed by atoms with van der Waals surface area (Å²) in [5, 5.41) is 3.90. The number of aryl methyl sites for hydroxylation is 1. The average Bonchev–Trinajstić information content (AvgIpc) is 2.88. The molecule has 0 unspecified atom stereocenters. The molecule has 0 aliphatic heterocycles. The Labute approximate surface area is 237 Å². The van der Waals surface area contributed by atoms with Crippen molar-refractivity contribution in [3.05, 3.63) is 97.9 Å². The molecule has 8 heteroatoms. The van der Waals surface area contributed by atoms with Crippen LogP contribution in [0.15, 0.2) is 71.2 Å². The summed E-state index contributed by atoms with van der Waals surface area (Å²) in [4.78, 5) is 28.8. The van der Waals surface area contributed by atoms with Gasteiger partial charge in [-0.1, -0.05) is 82.5 Å². The highest BCUT2D eigenvalue weighted by atomic mass is 79.9. The summed E-state index contributed by atoms with van der Waals surface area (Å²) in [6.07, 6.45) is 1.09. The van der Waals surface area contributed by atoms with Crippen molar-refractivity contribution in [1.29, 1.82) is 0 Å². The normalized spacial score (nSPS) is 12.5. The molecule has 0 heterocycles. The van der Waals surface area contributed by atoms with E-state index < -0.39 is 6.04 Å². The van der Waals surface area contributed by atoms with E-state index in [1.54, 1.807) is 24.3 Å². The molecule has 2 amide bonds. The van der Waals surface area contributed by atoms with E-state index in [-0.39, 0.29) is 31.0 Å². The average molecular weight is 606 g/mol. The van der Waals surface area contributed by atoms with Crippen molar-refractivity contribution in [1.82, 2.24) is 10.2 Å². The van der Waals surface area contributed by atoms with Gasteiger partial charge >= 0.3 is 0 Å². The van der Waals surface area contributed by atoms with Crippen LogP contribution >= 0.6 is 39.1 Å². The van der Waals surface area contributed by atoms with E-state index in [1.807, 2.05) is 63.2 Å². The number of carbonyl (C=O) groups excluding carboxylic acids is 2. The van der Waals surface area contributed by atoms with Gasteiger partial charge in [0, 0.05) is 39.1 Å². The molecule has 3 aromatic rings. The fourth-order valence-electron chi connectivity index (χ4n) is 3.78. The van der Waals surface area contributed by atoms with Crippen LogP contribution in [0.4, 0.5) is 0 Å². The number of benzene rings is 3. The number of ether oxygens (including phenoxy) is 1. The Bertz CT molecular complexity index is 1200. The predicted molar refractivity (Wildman–Crippen MR) is 153 cm³/mol. The van der Waals surface area contributed by atoms with Gasteiger partial charge in [0.1, 0.15) is 11.8 Å². The van der Waals surface area contributed by atoms with E-state index in [0.29, 0.717) is 27.8 Å². The summed E-state index contributed by atoms with van der Waals surface area (Å²) in [5.74, 6) is -0.0283. The van der Waals surface area contributed by atoms with Crippen molar-refractivity contribution in [2.45, 2.75) is 52.2 Å². The number of hydrogen-bond acceptors (Lipinski definition) is 3. The minimum atomic E-state index is -0.800. The quantitative estimate of drug-likeness (QED) is 0.256. The first-order valence-corrected chi connectivity index (χ1v) is 13.7. The Hall–Kier alpha value is -2.54. The fourth-order valence-corrected chi connectivity index (χ4v) is 4.55. The smallest absolute Gasteiger partial charge is 0.261 e. The highest BCUT2D eigenvalue weighted by molar-refractivity contribution is 9.10. The fraction of sp³-hybridized carbons (Fsp3) is 0.310. The Balaban J connectivity index is 1.96. The first-order chi connectivity index (χ1) is 17.7. The second-order valence-electron chi connectivity index (χ2n) is 8.94. The van der Waals surface area contributed by atoms with E-state index in [1.165, 1.54) is 4.90 Å². The number of halogens is 3. The first kappa shape index (κ1) is 29.0. The number of amides is 2. The van der Waals surface area contributed by atoms with E-state index >= 15 is 0 Å². The molecule has 196 valence electrons. The Morgan fingerprint density at radius 2 is 1.70 bits per heavy atom. The van der Waals surface area contributed by atoms with E-state index in [4.69, 9.17) is 27.9 Å². The van der Waals surface area contributed by atoms with Crippen molar-refractivity contribution < 1.29 is 14.3 Å². The molecule has 0 fully saturated rings. The zero-order valence-electron chi connectivity index (χ0n) is 21.1. The zero-order valence-corrected chi connectivity index (χ0v) is 24.2. The summed E-state index contributed by atoms with van der Waals surface area (Å²) in [5.41, 5.74) is 2.49. The molecular formula is C29H31BrCl2N2O3. The number of nitrogens with one attached hydrogen (secondary N) is 1. The van der Waals surface area contributed by atoms with Crippen molar-refractivity contribution in [2.75, 3.05) is 6.61 Å². The molecule has 0 aliphatic rings. The Morgan fingerprint density at radius 1 is 1.03 bits per heavy atom. The van der Waals surface area contributed by atoms with Gasteiger partial charge in [0.05, 0.1) is 0 Å². The van der Waals surface area contributed by atoms with Crippen LogP contribution in [0, 0.1) is 6.92 Å². The summed E-state index contributed by atoms with van der Waals surface area (Å²) in [6, 6.07) is 19.5. The lowest BCUT2D eigenvalue weighted by Gasteiger charge is -2.32. The molecule has 0 aliphatic carbocycles. The molecule has 1 N–H and O–H groups in total. The van der Waals surface area contributed by atoms with Gasteiger partial charge < -0.3 is 15.0 Å². The molecule has 3 rings (SSSR count). The van der Waals surface area contributed by atoms with Crippen LogP contribution in [-0.2, 0) is 22.6 Å². The van der Waals surface area contributed by atoms with E-state index in [0.717, 1.165) is 22.0 Å². The lowest BCUT2D eigenvalue weighted by Crippen LogP contribution is -2.53. The maximum Gasteiger partial charge on any atom is 0.261 e. The van der Waals surface area contributed by atoms with Gasteiger partial charge in [-0.2, -0.15) is 0 Å². The molecule has 5 nitrogen and oxygen atoms in total. The van der Waals surface area contributed by atoms with Gasteiger partial charge in [0.15, 0.2) is 6.61 Å². The molecule has 0 spiro atoms. The van der Waals surface area contributed by atoms with Crippen LogP contribution in [0.25, 0.3) is 0 Å². The molecule has 0 radical (unpaired) electrons. The topological polar surface area (TPSA) is 58.6 Å². The minimum absolute atomic E-state index is 0.0476. The molecule has 3 aromatic carbocycles. The lowest BCUT2D eigenvalue weighted by atomic mass is 10.0. The summed E-state index contributed by atoms with van der Waals surface area (Å²) in [6.45, 7) is 5.70. The second kappa shape index (κ2) is 13.8. The number of hydrogen-bond donors (Lipinski definition) is 1. The van der Waals surface area contributed by atoms with Crippen molar-refractivity contribution in [3.63, 3.8) is 0 Å². The summed E-state index contributed by atoms with van der Waals surface area (Å²) < 4.78 is 6.81. The molecule has 0 saturated carbocycles. The van der Waals surface area contributed by atoms with Crippen LogP contribution in [0.2, 0.25) is 10.0 Å². The predicted octanol–water partition coefficient (Wildman–Crippen LogP) is 7.00. The van der Waals surface area contributed by atoms with Crippen LogP contribution in [0.1, 0.15) is 37.0 Å². The van der Waals surface area contributed by atoms with Crippen LogP contribution in [0.3, 0.4) is 0 Å². The van der Waals surface area contributed by atoms with Crippen molar-refractivity contribution in [2.24, 2.45) is 0 Å². The van der Waals surface area contributed by atoms with Crippen LogP contribution in [-0.4, -0.2) is 35.4 Å². The molecule has 0 saturated heterocycles. The molecule has 0 aromatic heterocycles. The van der Waals surface area contributed by atoms with Crippen molar-refractivity contribution >= 4 is 50.9 Å². The maximum atomic E-state index is 13.7. The van der Waals surface area contributed by atoms with E-state index in [2.05, 4.69) is 21.2 Å². The van der Waals surface area contributed by atoms with E-state index in [9.17, 15) is 9.59 Å². The molecular weight excluding hydrogens is 575 g/mol. The third-order valence-electron chi connectivity index (χ3n) is 6.15. The highest BCUT2D eigenvalue weighted by Gasteiger charge is 2.32.